The normalized spacial score (nSPS) is 21.5. The van der Waals surface area contributed by atoms with Crippen molar-refractivity contribution in [1.29, 1.82) is 0 Å². The van der Waals surface area contributed by atoms with Crippen molar-refractivity contribution in [2.45, 2.75) is 30.6 Å². The van der Waals surface area contributed by atoms with Crippen LogP contribution < -0.4 is 0 Å². The Balaban J connectivity index is 2.53. The summed E-state index contributed by atoms with van der Waals surface area (Å²) < 4.78 is 5.96. The summed E-state index contributed by atoms with van der Waals surface area (Å²) in [7, 11) is 0. The Morgan fingerprint density at radius 2 is 1.45 bits per heavy atom. The van der Waals surface area contributed by atoms with Gasteiger partial charge in [-0.15, -0.1) is 0 Å². The molecule has 0 unspecified atom stereocenters. The Kier molecular flexibility index (Phi) is 3.70. The summed E-state index contributed by atoms with van der Waals surface area (Å²) >= 11 is -1.60. The first kappa shape index (κ1) is 9.37. The third-order valence-corrected chi connectivity index (χ3v) is 17.5. The fourth-order valence-electron chi connectivity index (χ4n) is 2.23. The third kappa shape index (κ3) is 2.36. The van der Waals surface area contributed by atoms with Crippen LogP contribution in [0.25, 0.3) is 0 Å². The summed E-state index contributed by atoms with van der Waals surface area (Å²) in [4.78, 5) is 0. The molecule has 11 heavy (non-hydrogen) atoms. The predicted octanol–water partition coefficient (Wildman–Crippen LogP) is 3.60. The second kappa shape index (κ2) is 4.34. The van der Waals surface area contributed by atoms with Gasteiger partial charge in [0.15, 0.2) is 0 Å². The quantitative estimate of drug-likeness (QED) is 0.533. The molecule has 0 aromatic heterocycles. The number of hydrogen-bond acceptors (Lipinski definition) is 0. The molecule has 0 saturated carbocycles. The van der Waals surface area contributed by atoms with Gasteiger partial charge in [0, 0.05) is 0 Å². The zero-order chi connectivity index (χ0) is 8.16. The number of rotatable bonds is 4. The molecule has 0 aromatic carbocycles. The van der Waals surface area contributed by atoms with E-state index < -0.39 is 18.4 Å². The van der Waals surface area contributed by atoms with Crippen molar-refractivity contribution in [2.24, 2.45) is 0 Å². The van der Waals surface area contributed by atoms with Gasteiger partial charge in [-0.25, -0.2) is 0 Å². The Labute approximate surface area is 74.3 Å². The van der Waals surface area contributed by atoms with Crippen LogP contribution in [0.5, 0.6) is 0 Å². The SMILES string of the molecule is C=C[CH2][Sn]1([CH2]C=C)[CH2]CC[CH2]1. The summed E-state index contributed by atoms with van der Waals surface area (Å²) in [5.41, 5.74) is 0. The van der Waals surface area contributed by atoms with E-state index in [0.29, 0.717) is 0 Å². The van der Waals surface area contributed by atoms with E-state index in [1.54, 1.807) is 8.87 Å². The molecule has 0 atom stereocenters. The topological polar surface area (TPSA) is 0 Å². The van der Waals surface area contributed by atoms with Gasteiger partial charge in [0.2, 0.25) is 0 Å². The molecule has 1 saturated heterocycles. The first-order valence-corrected chi connectivity index (χ1v) is 12.6. The molecule has 0 amide bonds. The summed E-state index contributed by atoms with van der Waals surface area (Å²) in [6.45, 7) is 7.74. The summed E-state index contributed by atoms with van der Waals surface area (Å²) in [6.07, 6.45) is 7.31. The van der Waals surface area contributed by atoms with E-state index in [1.165, 1.54) is 21.7 Å². The minimum absolute atomic E-state index is 1.39. The van der Waals surface area contributed by atoms with Gasteiger partial charge in [0.25, 0.3) is 0 Å². The molecule has 62 valence electrons. The molecule has 0 aliphatic carbocycles. The van der Waals surface area contributed by atoms with E-state index in [2.05, 4.69) is 25.3 Å². The van der Waals surface area contributed by atoms with Crippen LogP contribution in [0.2, 0.25) is 17.7 Å². The molecule has 1 aliphatic rings. The van der Waals surface area contributed by atoms with Crippen LogP contribution in [0, 0.1) is 0 Å². The third-order valence-electron chi connectivity index (χ3n) is 2.82. The van der Waals surface area contributed by atoms with Gasteiger partial charge in [-0.3, -0.25) is 0 Å². The molecule has 0 aromatic rings. The van der Waals surface area contributed by atoms with Gasteiger partial charge in [-0.2, -0.15) is 0 Å². The molecule has 1 rings (SSSR count). The number of allylic oxidation sites excluding steroid dienone is 2. The van der Waals surface area contributed by atoms with Crippen molar-refractivity contribution in [3.63, 3.8) is 0 Å². The molecule has 0 bridgehead atoms. The zero-order valence-electron chi connectivity index (χ0n) is 7.31. The summed E-state index contributed by atoms with van der Waals surface area (Å²) in [5, 5.41) is 0. The van der Waals surface area contributed by atoms with Crippen LogP contribution >= 0.6 is 0 Å². The fraction of sp³-hybridized carbons (Fsp3) is 0.600. The average Bonchev–Trinajstić information content (AvgIpc) is 2.39. The van der Waals surface area contributed by atoms with Gasteiger partial charge in [-0.05, 0) is 0 Å². The molecular formula is C10H18Sn. The molecule has 1 aliphatic heterocycles. The summed E-state index contributed by atoms with van der Waals surface area (Å²) in [6, 6.07) is 0. The van der Waals surface area contributed by atoms with Crippen LogP contribution in [0.1, 0.15) is 12.8 Å². The Hall–Kier alpha value is 0.279. The first-order valence-electron chi connectivity index (χ1n) is 4.55. The maximum atomic E-state index is 3.87. The first-order chi connectivity index (χ1) is 5.33. The van der Waals surface area contributed by atoms with Crippen LogP contribution in [0.3, 0.4) is 0 Å². The maximum absolute atomic E-state index is 3.87. The van der Waals surface area contributed by atoms with Crippen molar-refractivity contribution >= 4 is 18.4 Å². The molecule has 0 N–H and O–H groups in total. The predicted molar refractivity (Wildman–Crippen MR) is 54.6 cm³/mol. The Morgan fingerprint density at radius 1 is 1.00 bits per heavy atom. The van der Waals surface area contributed by atoms with E-state index >= 15 is 0 Å². The molecule has 0 radical (unpaired) electrons. The van der Waals surface area contributed by atoms with Crippen molar-refractivity contribution in [3.8, 4) is 0 Å². The van der Waals surface area contributed by atoms with Crippen LogP contribution in [0.15, 0.2) is 25.3 Å². The van der Waals surface area contributed by atoms with E-state index in [0.717, 1.165) is 0 Å². The second-order valence-corrected chi connectivity index (χ2v) is 17.4. The molecule has 1 fully saturated rings. The van der Waals surface area contributed by atoms with E-state index in [-0.39, 0.29) is 0 Å². The molecule has 0 nitrogen and oxygen atoms in total. The second-order valence-electron chi connectivity index (χ2n) is 3.69. The number of hydrogen-bond donors (Lipinski definition) is 0. The van der Waals surface area contributed by atoms with Crippen LogP contribution in [-0.4, -0.2) is 18.4 Å². The van der Waals surface area contributed by atoms with Gasteiger partial charge in [0.1, 0.15) is 0 Å². The molecule has 0 spiro atoms. The van der Waals surface area contributed by atoms with E-state index in [4.69, 9.17) is 0 Å². The average molecular weight is 257 g/mol. The van der Waals surface area contributed by atoms with E-state index in [9.17, 15) is 0 Å². The molecule has 1 heteroatoms. The van der Waals surface area contributed by atoms with Gasteiger partial charge in [-0.1, -0.05) is 0 Å². The minimum atomic E-state index is -1.60. The zero-order valence-corrected chi connectivity index (χ0v) is 10.2. The van der Waals surface area contributed by atoms with Crippen molar-refractivity contribution < 1.29 is 0 Å². The van der Waals surface area contributed by atoms with Crippen molar-refractivity contribution in [1.82, 2.24) is 0 Å². The van der Waals surface area contributed by atoms with Crippen molar-refractivity contribution in [2.75, 3.05) is 0 Å². The van der Waals surface area contributed by atoms with Crippen molar-refractivity contribution in [3.05, 3.63) is 25.3 Å². The van der Waals surface area contributed by atoms with Crippen LogP contribution in [0.4, 0.5) is 0 Å². The van der Waals surface area contributed by atoms with Gasteiger partial charge in [0.05, 0.1) is 0 Å². The van der Waals surface area contributed by atoms with Crippen LogP contribution in [-0.2, 0) is 0 Å². The van der Waals surface area contributed by atoms with Gasteiger partial charge < -0.3 is 0 Å². The van der Waals surface area contributed by atoms with E-state index in [1.807, 2.05) is 0 Å². The molecule has 1 heterocycles. The Bertz CT molecular complexity index is 131. The standard InChI is InChI=1S/C4H8.2C3H5.Sn/c1-3-4-2;2*1-3-2;/h1-4H2;2*3H,1-2H2;. The fourth-order valence-corrected chi connectivity index (χ4v) is 15.0. The molecular weight excluding hydrogens is 239 g/mol. The van der Waals surface area contributed by atoms with Gasteiger partial charge >= 0.3 is 74.3 Å². The summed E-state index contributed by atoms with van der Waals surface area (Å²) in [5.74, 6) is 0. The monoisotopic (exact) mass is 258 g/mol. The Morgan fingerprint density at radius 3 is 1.82 bits per heavy atom.